The number of rotatable bonds is 10. The first-order valence-electron chi connectivity index (χ1n) is 9.47. The molecule has 154 valence electrons. The molecule has 4 rings (SSSR count). The molecule has 9 nitrogen and oxygen atoms in total. The van der Waals surface area contributed by atoms with E-state index in [2.05, 4.69) is 32.4 Å². The molecule has 0 aliphatic rings. The smallest absolute Gasteiger partial charge is 0.221 e. The highest BCUT2D eigenvalue weighted by atomic mass is 32.2. The van der Waals surface area contributed by atoms with Gasteiger partial charge in [0.25, 0.3) is 0 Å². The highest BCUT2D eigenvalue weighted by Crippen LogP contribution is 2.19. The Morgan fingerprint density at radius 2 is 2.10 bits per heavy atom. The van der Waals surface area contributed by atoms with Crippen molar-refractivity contribution >= 4 is 28.7 Å². The van der Waals surface area contributed by atoms with Crippen LogP contribution in [0.25, 0.3) is 11.0 Å². The number of fused-ring (bicyclic) bond motifs is 1. The Hall–Kier alpha value is -3.40. The minimum Gasteiger partial charge on any atom is -0.467 e. The molecule has 10 heteroatoms. The molecule has 0 aliphatic carbocycles. The quantitative estimate of drug-likeness (QED) is 0.309. The van der Waals surface area contributed by atoms with Crippen LogP contribution in [0.1, 0.15) is 18.0 Å². The van der Waals surface area contributed by atoms with E-state index in [1.807, 2.05) is 34.9 Å². The van der Waals surface area contributed by atoms with Crippen LogP contribution in [-0.2, 0) is 24.4 Å². The Bertz CT molecular complexity index is 1130. The first-order chi connectivity index (χ1) is 14.7. The van der Waals surface area contributed by atoms with Crippen LogP contribution < -0.4 is 5.32 Å². The third kappa shape index (κ3) is 4.60. The van der Waals surface area contributed by atoms with Gasteiger partial charge in [-0.1, -0.05) is 35.2 Å². The van der Waals surface area contributed by atoms with E-state index in [4.69, 9.17) is 4.42 Å². The number of furan rings is 1. The third-order valence-electron chi connectivity index (χ3n) is 4.42. The van der Waals surface area contributed by atoms with Crippen molar-refractivity contribution in [2.45, 2.75) is 31.2 Å². The zero-order chi connectivity index (χ0) is 20.8. The maximum atomic E-state index is 12.0. The molecule has 1 N–H and O–H groups in total. The van der Waals surface area contributed by atoms with Crippen molar-refractivity contribution in [2.24, 2.45) is 0 Å². The second kappa shape index (κ2) is 9.40. The summed E-state index contributed by atoms with van der Waals surface area (Å²) in [7, 11) is 0. The van der Waals surface area contributed by atoms with Gasteiger partial charge in [0.05, 0.1) is 18.3 Å². The molecule has 0 radical (unpaired) electrons. The minimum atomic E-state index is -0.0389. The van der Waals surface area contributed by atoms with Crippen LogP contribution in [0.5, 0.6) is 0 Å². The summed E-state index contributed by atoms with van der Waals surface area (Å²) in [6, 6.07) is 11.4. The van der Waals surface area contributed by atoms with Crippen LogP contribution in [0.15, 0.2) is 64.9 Å². The topological polar surface area (TPSA) is 104 Å². The van der Waals surface area contributed by atoms with E-state index in [1.54, 1.807) is 23.1 Å². The lowest BCUT2D eigenvalue weighted by atomic mass is 10.3. The van der Waals surface area contributed by atoms with Crippen LogP contribution >= 0.6 is 11.8 Å². The molecule has 0 aliphatic heterocycles. The van der Waals surface area contributed by atoms with Crippen molar-refractivity contribution in [3.05, 3.63) is 66.9 Å². The van der Waals surface area contributed by atoms with Gasteiger partial charge in [-0.2, -0.15) is 0 Å². The van der Waals surface area contributed by atoms with Crippen LogP contribution in [-0.4, -0.2) is 41.4 Å². The normalized spacial score (nSPS) is 11.1. The summed E-state index contributed by atoms with van der Waals surface area (Å²) in [6.45, 7) is 5.24. The summed E-state index contributed by atoms with van der Waals surface area (Å²) in [5, 5.41) is 20.6. The summed E-state index contributed by atoms with van der Waals surface area (Å²) in [4.78, 5) is 12.0. The molecule has 0 saturated carbocycles. The Labute approximate surface area is 177 Å². The zero-order valence-electron chi connectivity index (χ0n) is 16.3. The van der Waals surface area contributed by atoms with Crippen molar-refractivity contribution in [3.63, 3.8) is 0 Å². The number of para-hydroxylation sites is 1. The average molecular weight is 424 g/mol. The highest BCUT2D eigenvalue weighted by molar-refractivity contribution is 7.99. The van der Waals surface area contributed by atoms with Gasteiger partial charge in [-0.25, -0.2) is 4.68 Å². The molecule has 1 amide bonds. The number of benzene rings is 1. The van der Waals surface area contributed by atoms with Crippen LogP contribution in [0.2, 0.25) is 0 Å². The summed E-state index contributed by atoms with van der Waals surface area (Å²) in [5.41, 5.74) is 1.77. The van der Waals surface area contributed by atoms with Crippen molar-refractivity contribution in [1.29, 1.82) is 0 Å². The molecule has 0 unspecified atom stereocenters. The van der Waals surface area contributed by atoms with Gasteiger partial charge in [-0.15, -0.1) is 21.9 Å². The predicted molar refractivity (Wildman–Crippen MR) is 113 cm³/mol. The molecule has 0 atom stereocenters. The lowest BCUT2D eigenvalue weighted by Crippen LogP contribution is -2.22. The van der Waals surface area contributed by atoms with Crippen molar-refractivity contribution in [1.82, 2.24) is 35.1 Å². The van der Waals surface area contributed by atoms with Crippen LogP contribution in [0, 0.1) is 0 Å². The molecule has 0 bridgehead atoms. The van der Waals surface area contributed by atoms with Crippen molar-refractivity contribution < 1.29 is 9.21 Å². The lowest BCUT2D eigenvalue weighted by Gasteiger charge is -2.08. The monoisotopic (exact) mass is 423 g/mol. The number of aromatic nitrogens is 6. The van der Waals surface area contributed by atoms with Gasteiger partial charge in [-0.3, -0.25) is 4.79 Å². The van der Waals surface area contributed by atoms with E-state index in [9.17, 15) is 4.79 Å². The Kier molecular flexibility index (Phi) is 6.23. The van der Waals surface area contributed by atoms with E-state index in [1.165, 1.54) is 11.8 Å². The number of hydrogen-bond acceptors (Lipinski definition) is 7. The molecule has 0 saturated heterocycles. The van der Waals surface area contributed by atoms with Gasteiger partial charge in [0.1, 0.15) is 17.8 Å². The van der Waals surface area contributed by atoms with E-state index >= 15 is 0 Å². The number of nitrogens with one attached hydrogen (secondary N) is 1. The number of allylic oxidation sites excluding steroid dienone is 1. The fraction of sp³-hybridized carbons (Fsp3) is 0.250. The minimum absolute atomic E-state index is 0.0389. The third-order valence-corrected chi connectivity index (χ3v) is 5.39. The van der Waals surface area contributed by atoms with E-state index < -0.39 is 0 Å². The maximum Gasteiger partial charge on any atom is 0.221 e. The Balaban J connectivity index is 1.37. The molecular formula is C20H21N7O2S. The molecule has 0 spiro atoms. The van der Waals surface area contributed by atoms with Gasteiger partial charge in [0.2, 0.25) is 5.91 Å². The highest BCUT2D eigenvalue weighted by Gasteiger charge is 2.15. The van der Waals surface area contributed by atoms with Gasteiger partial charge >= 0.3 is 0 Å². The molecule has 0 fully saturated rings. The molecule has 1 aromatic carbocycles. The Morgan fingerprint density at radius 1 is 1.20 bits per heavy atom. The van der Waals surface area contributed by atoms with E-state index in [0.717, 1.165) is 27.8 Å². The molecule has 3 heterocycles. The summed E-state index contributed by atoms with van der Waals surface area (Å²) in [6.07, 6.45) is 3.76. The first-order valence-corrected chi connectivity index (χ1v) is 10.5. The number of hydrogen-bond donors (Lipinski definition) is 1. The SMILES string of the molecule is C=CCn1c(Cn2nnc3ccccc32)nnc1SCCC(=O)NCc1ccco1. The molecule has 3 aromatic heterocycles. The van der Waals surface area contributed by atoms with Gasteiger partial charge in [0.15, 0.2) is 11.0 Å². The molecule has 30 heavy (non-hydrogen) atoms. The average Bonchev–Trinajstić information content (AvgIpc) is 3.50. The van der Waals surface area contributed by atoms with E-state index in [0.29, 0.717) is 31.8 Å². The summed E-state index contributed by atoms with van der Waals surface area (Å²) in [5.74, 6) is 2.04. The number of carbonyl (C=O) groups is 1. The lowest BCUT2D eigenvalue weighted by molar-refractivity contribution is -0.120. The second-order valence-electron chi connectivity index (χ2n) is 6.49. The number of amides is 1. The fourth-order valence-corrected chi connectivity index (χ4v) is 3.85. The van der Waals surface area contributed by atoms with Crippen molar-refractivity contribution in [3.8, 4) is 0 Å². The van der Waals surface area contributed by atoms with Crippen LogP contribution in [0.4, 0.5) is 0 Å². The number of nitrogens with zero attached hydrogens (tertiary/aromatic N) is 6. The van der Waals surface area contributed by atoms with E-state index in [-0.39, 0.29) is 5.91 Å². The van der Waals surface area contributed by atoms with Gasteiger partial charge in [0, 0.05) is 18.7 Å². The molecule has 4 aromatic rings. The van der Waals surface area contributed by atoms with Crippen molar-refractivity contribution in [2.75, 3.05) is 5.75 Å². The number of thioether (sulfide) groups is 1. The van der Waals surface area contributed by atoms with Crippen LogP contribution in [0.3, 0.4) is 0 Å². The zero-order valence-corrected chi connectivity index (χ0v) is 17.1. The second-order valence-corrected chi connectivity index (χ2v) is 7.55. The largest absolute Gasteiger partial charge is 0.467 e. The maximum absolute atomic E-state index is 12.0. The predicted octanol–water partition coefficient (Wildman–Crippen LogP) is 2.65. The standard InChI is InChI=1S/C20H21N7O2S/c1-2-10-26-18(14-27-17-8-4-3-7-16(17)22-25-27)23-24-20(26)30-12-9-19(28)21-13-15-6-5-11-29-15/h2-8,11H,1,9-10,12-14H2,(H,21,28). The molecular weight excluding hydrogens is 402 g/mol. The summed E-state index contributed by atoms with van der Waals surface area (Å²) < 4.78 is 8.99. The first kappa shape index (κ1) is 19.9. The fourth-order valence-electron chi connectivity index (χ4n) is 2.95. The van der Waals surface area contributed by atoms with Gasteiger partial charge < -0.3 is 14.3 Å². The van der Waals surface area contributed by atoms with Gasteiger partial charge in [-0.05, 0) is 24.3 Å². The Morgan fingerprint density at radius 3 is 2.93 bits per heavy atom. The summed E-state index contributed by atoms with van der Waals surface area (Å²) >= 11 is 1.49. The number of carbonyl (C=O) groups excluding carboxylic acids is 1.